The maximum Gasteiger partial charge on any atom is 0.315 e. The number of halogens is 1. The third kappa shape index (κ3) is 3.46. The van der Waals surface area contributed by atoms with E-state index >= 15 is 0 Å². The molecule has 1 aromatic rings. The lowest BCUT2D eigenvalue weighted by Crippen LogP contribution is -2.30. The van der Waals surface area contributed by atoms with Crippen LogP contribution >= 0.6 is 15.9 Å². The van der Waals surface area contributed by atoms with Crippen molar-refractivity contribution in [3.63, 3.8) is 0 Å². The molecule has 1 rings (SSSR count). The van der Waals surface area contributed by atoms with E-state index in [1.54, 1.807) is 0 Å². The number of methoxy groups -OCH3 is 1. The number of esters is 1. The SMILES string of the molecule is COC(=O)C(C)(C)c1ccc(OCCBr)cc1. The molecule has 0 unspecified atom stereocenters. The van der Waals surface area contributed by atoms with Gasteiger partial charge in [0.2, 0.25) is 0 Å². The Balaban J connectivity index is 2.83. The lowest BCUT2D eigenvalue weighted by atomic mass is 9.85. The van der Waals surface area contributed by atoms with Crippen molar-refractivity contribution in [3.05, 3.63) is 29.8 Å². The van der Waals surface area contributed by atoms with E-state index < -0.39 is 5.41 Å². The first-order valence-electron chi connectivity index (χ1n) is 5.40. The molecule has 0 heterocycles. The molecular formula is C13H17BrO3. The summed E-state index contributed by atoms with van der Waals surface area (Å²) in [5.74, 6) is 0.556. The topological polar surface area (TPSA) is 35.5 Å². The molecule has 0 saturated carbocycles. The monoisotopic (exact) mass is 300 g/mol. The Morgan fingerprint density at radius 2 is 1.88 bits per heavy atom. The van der Waals surface area contributed by atoms with E-state index in [0.29, 0.717) is 6.61 Å². The van der Waals surface area contributed by atoms with Crippen LogP contribution in [0, 0.1) is 0 Å². The summed E-state index contributed by atoms with van der Waals surface area (Å²) in [4.78, 5) is 11.6. The summed E-state index contributed by atoms with van der Waals surface area (Å²) in [5.41, 5.74) is 0.276. The van der Waals surface area contributed by atoms with Gasteiger partial charge < -0.3 is 9.47 Å². The van der Waals surface area contributed by atoms with E-state index in [1.165, 1.54) is 7.11 Å². The zero-order chi connectivity index (χ0) is 12.9. The highest BCUT2D eigenvalue weighted by Crippen LogP contribution is 2.26. The van der Waals surface area contributed by atoms with Gasteiger partial charge in [-0.1, -0.05) is 28.1 Å². The molecule has 0 amide bonds. The highest BCUT2D eigenvalue weighted by Gasteiger charge is 2.30. The fraction of sp³-hybridized carbons (Fsp3) is 0.462. The largest absolute Gasteiger partial charge is 0.493 e. The first-order valence-corrected chi connectivity index (χ1v) is 6.52. The number of ether oxygens (including phenoxy) is 2. The van der Waals surface area contributed by atoms with Crippen molar-refractivity contribution in [2.75, 3.05) is 19.0 Å². The van der Waals surface area contributed by atoms with Gasteiger partial charge in [0.1, 0.15) is 5.75 Å². The van der Waals surface area contributed by atoms with Crippen LogP contribution in [0.25, 0.3) is 0 Å². The molecule has 0 aromatic heterocycles. The molecule has 0 fully saturated rings. The molecule has 3 nitrogen and oxygen atoms in total. The molecule has 0 aliphatic rings. The van der Waals surface area contributed by atoms with E-state index in [-0.39, 0.29) is 5.97 Å². The van der Waals surface area contributed by atoms with Crippen LogP contribution in [0.3, 0.4) is 0 Å². The molecule has 94 valence electrons. The zero-order valence-corrected chi connectivity index (χ0v) is 11.9. The molecule has 0 spiro atoms. The Morgan fingerprint density at radius 1 is 1.29 bits per heavy atom. The van der Waals surface area contributed by atoms with Gasteiger partial charge in [-0.3, -0.25) is 4.79 Å². The van der Waals surface area contributed by atoms with E-state index in [4.69, 9.17) is 9.47 Å². The van der Waals surface area contributed by atoms with Crippen molar-refractivity contribution in [2.45, 2.75) is 19.3 Å². The Kier molecular flexibility index (Phi) is 5.00. The lowest BCUT2D eigenvalue weighted by Gasteiger charge is -2.22. The maximum atomic E-state index is 11.6. The number of benzene rings is 1. The van der Waals surface area contributed by atoms with Crippen molar-refractivity contribution in [1.82, 2.24) is 0 Å². The van der Waals surface area contributed by atoms with Gasteiger partial charge in [-0.2, -0.15) is 0 Å². The molecule has 1 aromatic carbocycles. The van der Waals surface area contributed by atoms with Gasteiger partial charge >= 0.3 is 5.97 Å². The number of hydrogen-bond acceptors (Lipinski definition) is 3. The van der Waals surface area contributed by atoms with Crippen LogP contribution in [0.1, 0.15) is 19.4 Å². The van der Waals surface area contributed by atoms with Crippen molar-refractivity contribution in [1.29, 1.82) is 0 Å². The molecule has 0 aliphatic heterocycles. The normalized spacial score (nSPS) is 11.1. The predicted molar refractivity (Wildman–Crippen MR) is 70.8 cm³/mol. The van der Waals surface area contributed by atoms with Crippen LogP contribution in [-0.2, 0) is 14.9 Å². The van der Waals surface area contributed by atoms with E-state index in [9.17, 15) is 4.79 Å². The van der Waals surface area contributed by atoms with E-state index in [1.807, 2.05) is 38.1 Å². The fourth-order valence-electron chi connectivity index (χ4n) is 1.50. The molecule has 0 atom stereocenters. The minimum atomic E-state index is -0.636. The van der Waals surface area contributed by atoms with Crippen LogP contribution in [0.2, 0.25) is 0 Å². The Bertz CT molecular complexity index is 371. The minimum absolute atomic E-state index is 0.244. The second-order valence-corrected chi connectivity index (χ2v) is 4.97. The van der Waals surface area contributed by atoms with Gasteiger partial charge in [0.05, 0.1) is 19.1 Å². The van der Waals surface area contributed by atoms with Gasteiger partial charge in [-0.15, -0.1) is 0 Å². The van der Waals surface area contributed by atoms with Gasteiger partial charge in [0, 0.05) is 5.33 Å². The second kappa shape index (κ2) is 6.05. The quantitative estimate of drug-likeness (QED) is 0.619. The van der Waals surface area contributed by atoms with Gasteiger partial charge in [0.15, 0.2) is 0 Å². The number of carbonyl (C=O) groups excluding carboxylic acids is 1. The number of alkyl halides is 1. The van der Waals surface area contributed by atoms with E-state index in [0.717, 1.165) is 16.6 Å². The highest BCUT2D eigenvalue weighted by molar-refractivity contribution is 9.09. The summed E-state index contributed by atoms with van der Waals surface area (Å²) < 4.78 is 10.2. The third-order valence-electron chi connectivity index (χ3n) is 2.62. The zero-order valence-electron chi connectivity index (χ0n) is 10.3. The second-order valence-electron chi connectivity index (χ2n) is 4.18. The van der Waals surface area contributed by atoms with Crippen LogP contribution in [0.4, 0.5) is 0 Å². The van der Waals surface area contributed by atoms with Crippen LogP contribution in [-0.4, -0.2) is 25.0 Å². The van der Waals surface area contributed by atoms with Crippen molar-refractivity contribution in [2.24, 2.45) is 0 Å². The molecule has 17 heavy (non-hydrogen) atoms. The minimum Gasteiger partial charge on any atom is -0.493 e. The standard InChI is InChI=1S/C13H17BrO3/c1-13(2,12(15)16-3)10-4-6-11(7-5-10)17-9-8-14/h4-7H,8-9H2,1-3H3. The van der Waals surface area contributed by atoms with Crippen molar-refractivity contribution >= 4 is 21.9 Å². The smallest absolute Gasteiger partial charge is 0.315 e. The molecule has 0 bridgehead atoms. The maximum absolute atomic E-state index is 11.6. The summed E-state index contributed by atoms with van der Waals surface area (Å²) in [5, 5.41) is 0.794. The third-order valence-corrected chi connectivity index (χ3v) is 2.94. The first-order chi connectivity index (χ1) is 8.02. The summed E-state index contributed by atoms with van der Waals surface area (Å²) >= 11 is 3.30. The number of rotatable bonds is 5. The molecule has 0 radical (unpaired) electrons. The molecule has 4 heteroatoms. The summed E-state index contributed by atoms with van der Waals surface area (Å²) in [6, 6.07) is 7.51. The van der Waals surface area contributed by atoms with Gasteiger partial charge in [-0.25, -0.2) is 0 Å². The average Bonchev–Trinajstić information content (AvgIpc) is 2.35. The molecule has 0 aliphatic carbocycles. The predicted octanol–water partition coefficient (Wildman–Crippen LogP) is 2.91. The number of carbonyl (C=O) groups is 1. The number of hydrogen-bond donors (Lipinski definition) is 0. The molecule has 0 N–H and O–H groups in total. The van der Waals surface area contributed by atoms with Crippen LogP contribution in [0.5, 0.6) is 5.75 Å². The molecular weight excluding hydrogens is 284 g/mol. The lowest BCUT2D eigenvalue weighted by molar-refractivity contribution is -0.146. The fourth-order valence-corrected chi connectivity index (χ4v) is 1.66. The Hall–Kier alpha value is -1.03. The summed E-state index contributed by atoms with van der Waals surface area (Å²) in [7, 11) is 1.40. The summed E-state index contributed by atoms with van der Waals surface area (Å²) in [6.45, 7) is 4.31. The van der Waals surface area contributed by atoms with Gasteiger partial charge in [0.25, 0.3) is 0 Å². The Morgan fingerprint density at radius 3 is 2.35 bits per heavy atom. The van der Waals surface area contributed by atoms with E-state index in [2.05, 4.69) is 15.9 Å². The van der Waals surface area contributed by atoms with Crippen molar-refractivity contribution in [3.8, 4) is 5.75 Å². The van der Waals surface area contributed by atoms with Gasteiger partial charge in [-0.05, 0) is 31.5 Å². The van der Waals surface area contributed by atoms with Crippen LogP contribution < -0.4 is 4.74 Å². The first kappa shape index (κ1) is 14.0. The molecule has 0 saturated heterocycles. The average molecular weight is 301 g/mol. The van der Waals surface area contributed by atoms with Crippen LogP contribution in [0.15, 0.2) is 24.3 Å². The van der Waals surface area contributed by atoms with Crippen molar-refractivity contribution < 1.29 is 14.3 Å². The summed E-state index contributed by atoms with van der Waals surface area (Å²) in [6.07, 6.45) is 0. The Labute approximate surface area is 110 Å². The highest BCUT2D eigenvalue weighted by atomic mass is 79.9.